The maximum absolute atomic E-state index is 12.7. The van der Waals surface area contributed by atoms with Gasteiger partial charge in [0.25, 0.3) is 0 Å². The van der Waals surface area contributed by atoms with Crippen LogP contribution in [0.5, 0.6) is 0 Å². The molecule has 0 aromatic heterocycles. The number of allylic oxidation sites excluding steroid dienone is 4. The van der Waals surface area contributed by atoms with E-state index in [-0.39, 0.29) is 24.2 Å². The molecule has 0 fully saturated rings. The molecule has 0 saturated heterocycles. The number of carbonyl (C=O) groups excluding carboxylic acids is 2. The van der Waals surface area contributed by atoms with Crippen molar-refractivity contribution in [2.75, 3.05) is 6.61 Å². The lowest BCUT2D eigenvalue weighted by Crippen LogP contribution is -2.43. The van der Waals surface area contributed by atoms with Crippen LogP contribution in [0.15, 0.2) is 48.2 Å². The van der Waals surface area contributed by atoms with Crippen molar-refractivity contribution in [1.82, 2.24) is 5.32 Å². The molecular weight excluding hydrogens is 266 g/mol. The molecule has 3 rings (SSSR count). The fraction of sp³-hybridized carbons (Fsp3) is 0.294. The number of hydrogen-bond acceptors (Lipinski definition) is 4. The van der Waals surface area contributed by atoms with Gasteiger partial charge in [0.2, 0.25) is 0 Å². The molecule has 1 aromatic carbocycles. The highest BCUT2D eigenvalue weighted by molar-refractivity contribution is 6.17. The summed E-state index contributed by atoms with van der Waals surface area (Å²) in [5.74, 6) is -1.02. The maximum Gasteiger partial charge on any atom is 0.173 e. The lowest BCUT2D eigenvalue weighted by Gasteiger charge is -2.33. The van der Waals surface area contributed by atoms with Gasteiger partial charge in [0.05, 0.1) is 18.4 Å². The second kappa shape index (κ2) is 5.30. The molecule has 2 unspecified atom stereocenters. The quantitative estimate of drug-likeness (QED) is 0.886. The predicted molar refractivity (Wildman–Crippen MR) is 79.0 cm³/mol. The molecule has 1 aromatic rings. The van der Waals surface area contributed by atoms with Gasteiger partial charge < -0.3 is 10.4 Å². The fourth-order valence-electron chi connectivity index (χ4n) is 2.96. The first-order valence-corrected chi connectivity index (χ1v) is 7.06. The Labute approximate surface area is 123 Å². The molecule has 4 heteroatoms. The highest BCUT2D eigenvalue weighted by Gasteiger charge is 2.42. The third-order valence-corrected chi connectivity index (χ3v) is 4.02. The molecule has 2 aliphatic carbocycles. The standard InChI is InChI=1S/C17H17NO3/c1-10(9-19)18-14-8-4-7-13-15(14)17(21)12-6-3-2-5-11(12)16(13)20/h2-8,10,13,15,18-19H,9H2,1H3/t10-,13?,15?/m0/s1. The predicted octanol–water partition coefficient (Wildman–Crippen LogP) is 1.72. The molecule has 108 valence electrons. The maximum atomic E-state index is 12.7. The Bertz CT molecular complexity index is 660. The SMILES string of the molecule is C[C@@H](CO)NC1=CC=CC2C(=O)c3ccccc3C(=O)C12. The zero-order valence-electron chi connectivity index (χ0n) is 11.7. The van der Waals surface area contributed by atoms with Crippen molar-refractivity contribution in [3.05, 3.63) is 59.3 Å². The molecule has 2 N–H and O–H groups in total. The highest BCUT2D eigenvalue weighted by atomic mass is 16.3. The molecule has 0 aliphatic heterocycles. The van der Waals surface area contributed by atoms with Crippen LogP contribution in [-0.4, -0.2) is 29.3 Å². The van der Waals surface area contributed by atoms with Crippen LogP contribution in [0.2, 0.25) is 0 Å². The number of benzene rings is 1. The van der Waals surface area contributed by atoms with Gasteiger partial charge in [-0.3, -0.25) is 9.59 Å². The van der Waals surface area contributed by atoms with Gasteiger partial charge in [-0.25, -0.2) is 0 Å². The van der Waals surface area contributed by atoms with Gasteiger partial charge >= 0.3 is 0 Å². The molecule has 21 heavy (non-hydrogen) atoms. The largest absolute Gasteiger partial charge is 0.394 e. The van der Waals surface area contributed by atoms with Crippen molar-refractivity contribution in [1.29, 1.82) is 0 Å². The first-order chi connectivity index (χ1) is 10.1. The van der Waals surface area contributed by atoms with Crippen molar-refractivity contribution < 1.29 is 14.7 Å². The lowest BCUT2D eigenvalue weighted by atomic mass is 9.71. The first-order valence-electron chi connectivity index (χ1n) is 7.06. The number of hydrogen-bond donors (Lipinski definition) is 2. The van der Waals surface area contributed by atoms with Crippen molar-refractivity contribution in [2.45, 2.75) is 13.0 Å². The van der Waals surface area contributed by atoms with E-state index < -0.39 is 11.8 Å². The third kappa shape index (κ3) is 2.21. The van der Waals surface area contributed by atoms with E-state index >= 15 is 0 Å². The van der Waals surface area contributed by atoms with Crippen molar-refractivity contribution in [2.24, 2.45) is 11.8 Å². The molecule has 0 saturated carbocycles. The van der Waals surface area contributed by atoms with Gasteiger partial charge in [-0.1, -0.05) is 36.4 Å². The van der Waals surface area contributed by atoms with Crippen molar-refractivity contribution in [3.63, 3.8) is 0 Å². The van der Waals surface area contributed by atoms with E-state index in [2.05, 4.69) is 5.32 Å². The number of ketones is 2. The summed E-state index contributed by atoms with van der Waals surface area (Å²) in [6, 6.07) is 6.80. The van der Waals surface area contributed by atoms with E-state index in [0.717, 1.165) is 0 Å². The second-order valence-electron chi connectivity index (χ2n) is 5.51. The fourth-order valence-corrected chi connectivity index (χ4v) is 2.96. The lowest BCUT2D eigenvalue weighted by molar-refractivity contribution is 0.0786. The number of rotatable bonds is 3. The summed E-state index contributed by atoms with van der Waals surface area (Å²) in [6.45, 7) is 1.80. The molecular formula is C17H17NO3. The van der Waals surface area contributed by atoms with Crippen LogP contribution in [0.4, 0.5) is 0 Å². The average molecular weight is 283 g/mol. The van der Waals surface area contributed by atoms with E-state index in [1.807, 2.05) is 13.0 Å². The monoisotopic (exact) mass is 283 g/mol. The number of carbonyl (C=O) groups is 2. The molecule has 3 atom stereocenters. The van der Waals surface area contributed by atoms with Crippen LogP contribution in [-0.2, 0) is 0 Å². The van der Waals surface area contributed by atoms with Crippen LogP contribution in [0.25, 0.3) is 0 Å². The number of Topliss-reactive ketones (excluding diaryl/α,β-unsaturated/α-hetero) is 2. The Morgan fingerprint density at radius 2 is 1.86 bits per heavy atom. The highest BCUT2D eigenvalue weighted by Crippen LogP contribution is 2.36. The Balaban J connectivity index is 2.02. The zero-order valence-corrected chi connectivity index (χ0v) is 11.7. The smallest absolute Gasteiger partial charge is 0.173 e. The Morgan fingerprint density at radius 3 is 2.52 bits per heavy atom. The molecule has 0 heterocycles. The van der Waals surface area contributed by atoms with E-state index in [0.29, 0.717) is 16.8 Å². The van der Waals surface area contributed by atoms with Crippen LogP contribution >= 0.6 is 0 Å². The molecule has 0 bridgehead atoms. The van der Waals surface area contributed by atoms with Crippen LogP contribution in [0.3, 0.4) is 0 Å². The molecule has 0 spiro atoms. The second-order valence-corrected chi connectivity index (χ2v) is 5.51. The number of fused-ring (bicyclic) bond motifs is 2. The van der Waals surface area contributed by atoms with Crippen LogP contribution in [0.1, 0.15) is 27.6 Å². The van der Waals surface area contributed by atoms with Crippen LogP contribution in [0, 0.1) is 11.8 Å². The Kier molecular flexibility index (Phi) is 3.47. The summed E-state index contributed by atoms with van der Waals surface area (Å²) < 4.78 is 0. The van der Waals surface area contributed by atoms with E-state index in [1.54, 1.807) is 36.4 Å². The molecule has 0 radical (unpaired) electrons. The minimum atomic E-state index is -0.508. The summed E-state index contributed by atoms with van der Waals surface area (Å²) >= 11 is 0. The average Bonchev–Trinajstić information content (AvgIpc) is 2.52. The summed E-state index contributed by atoms with van der Waals surface area (Å²) in [5, 5.41) is 12.3. The molecule has 0 amide bonds. The third-order valence-electron chi connectivity index (χ3n) is 4.02. The Hall–Kier alpha value is -2.20. The first kappa shape index (κ1) is 13.8. The van der Waals surface area contributed by atoms with E-state index in [4.69, 9.17) is 0 Å². The van der Waals surface area contributed by atoms with E-state index in [9.17, 15) is 14.7 Å². The minimum Gasteiger partial charge on any atom is -0.394 e. The molecule has 4 nitrogen and oxygen atoms in total. The van der Waals surface area contributed by atoms with E-state index in [1.165, 1.54) is 0 Å². The van der Waals surface area contributed by atoms with Gasteiger partial charge in [-0.15, -0.1) is 0 Å². The number of aliphatic hydroxyl groups excluding tert-OH is 1. The summed E-state index contributed by atoms with van der Waals surface area (Å²) in [7, 11) is 0. The summed E-state index contributed by atoms with van der Waals surface area (Å²) in [6.07, 6.45) is 5.40. The van der Waals surface area contributed by atoms with Crippen LogP contribution < -0.4 is 5.32 Å². The summed E-state index contributed by atoms with van der Waals surface area (Å²) in [4.78, 5) is 25.3. The number of aliphatic hydroxyl groups is 1. The minimum absolute atomic E-state index is 0.0181. The number of nitrogens with one attached hydrogen (secondary N) is 1. The molecule has 2 aliphatic rings. The van der Waals surface area contributed by atoms with Gasteiger partial charge in [-0.05, 0) is 13.0 Å². The Morgan fingerprint density at radius 1 is 1.19 bits per heavy atom. The summed E-state index contributed by atoms with van der Waals surface area (Å²) in [5.41, 5.74) is 1.70. The van der Waals surface area contributed by atoms with Gasteiger partial charge in [0, 0.05) is 22.9 Å². The zero-order chi connectivity index (χ0) is 15.0. The normalized spacial score (nSPS) is 25.0. The van der Waals surface area contributed by atoms with Crippen molar-refractivity contribution >= 4 is 11.6 Å². The topological polar surface area (TPSA) is 66.4 Å². The van der Waals surface area contributed by atoms with Gasteiger partial charge in [0.1, 0.15) is 0 Å². The van der Waals surface area contributed by atoms with Crippen molar-refractivity contribution in [3.8, 4) is 0 Å². The van der Waals surface area contributed by atoms with Gasteiger partial charge in [0.15, 0.2) is 11.6 Å². The van der Waals surface area contributed by atoms with Gasteiger partial charge in [-0.2, -0.15) is 0 Å².